The van der Waals surface area contributed by atoms with Crippen molar-refractivity contribution in [1.29, 1.82) is 0 Å². The van der Waals surface area contributed by atoms with Gasteiger partial charge in [-0.1, -0.05) is 23.8 Å². The molecular weight excluding hydrogens is 268 g/mol. The number of nitrogens with two attached hydrogens (primary N) is 1. The Morgan fingerprint density at radius 3 is 2.89 bits per heavy atom. The second-order valence-electron chi connectivity index (χ2n) is 4.67. The summed E-state index contributed by atoms with van der Waals surface area (Å²) in [7, 11) is 0. The van der Waals surface area contributed by atoms with E-state index in [9.17, 15) is 0 Å². The minimum absolute atomic E-state index is 0.205. The Labute approximate surface area is 118 Å². The molecule has 2 unspecified atom stereocenters. The number of rotatable bonds is 2. The Hall–Kier alpha value is -0.840. The topological polar surface area (TPSA) is 38.5 Å². The lowest BCUT2D eigenvalue weighted by Crippen LogP contribution is -2.48. The van der Waals surface area contributed by atoms with Crippen molar-refractivity contribution in [3.8, 4) is 0 Å². The van der Waals surface area contributed by atoms with E-state index in [2.05, 4.69) is 18.7 Å². The maximum atomic E-state index is 6.01. The highest BCUT2D eigenvalue weighted by Gasteiger charge is 2.25. The number of halogens is 1. The lowest BCUT2D eigenvalue weighted by atomic mass is 10.1. The van der Waals surface area contributed by atoms with Crippen molar-refractivity contribution in [2.45, 2.75) is 26.0 Å². The van der Waals surface area contributed by atoms with Crippen molar-refractivity contribution in [3.63, 3.8) is 0 Å². The van der Waals surface area contributed by atoms with Crippen LogP contribution < -0.4 is 10.6 Å². The van der Waals surface area contributed by atoms with Crippen LogP contribution in [0.1, 0.15) is 19.4 Å². The van der Waals surface area contributed by atoms with E-state index in [1.54, 1.807) is 0 Å². The standard InChI is InChI=1S/C13H17ClN2OS/c1-8-7-17-9(2)6-16(8)12-4-3-10(14)5-11(12)13(15)18/h3-5,8-9H,6-7H2,1-2H3,(H2,15,18). The van der Waals surface area contributed by atoms with Gasteiger partial charge in [0.15, 0.2) is 0 Å². The smallest absolute Gasteiger partial charge is 0.106 e. The Morgan fingerprint density at radius 1 is 1.50 bits per heavy atom. The molecule has 0 spiro atoms. The summed E-state index contributed by atoms with van der Waals surface area (Å²) in [4.78, 5) is 2.65. The Bertz CT molecular complexity index is 466. The molecule has 18 heavy (non-hydrogen) atoms. The highest BCUT2D eigenvalue weighted by molar-refractivity contribution is 7.80. The highest BCUT2D eigenvalue weighted by Crippen LogP contribution is 2.28. The number of anilines is 1. The van der Waals surface area contributed by atoms with Crippen molar-refractivity contribution in [2.24, 2.45) is 5.73 Å². The molecule has 1 aliphatic heterocycles. The van der Waals surface area contributed by atoms with Crippen molar-refractivity contribution in [3.05, 3.63) is 28.8 Å². The zero-order valence-corrected chi connectivity index (χ0v) is 12.1. The molecule has 1 aromatic carbocycles. The van der Waals surface area contributed by atoms with Gasteiger partial charge in [-0.15, -0.1) is 0 Å². The molecule has 2 atom stereocenters. The number of thiocarbonyl (C=S) groups is 1. The maximum Gasteiger partial charge on any atom is 0.106 e. The number of benzene rings is 1. The van der Waals surface area contributed by atoms with Crippen LogP contribution in [0.4, 0.5) is 5.69 Å². The Morgan fingerprint density at radius 2 is 2.22 bits per heavy atom. The molecular formula is C13H17ClN2OS. The average Bonchev–Trinajstić information content (AvgIpc) is 2.32. The van der Waals surface area contributed by atoms with Crippen LogP contribution in [0.3, 0.4) is 0 Å². The van der Waals surface area contributed by atoms with Crippen molar-refractivity contribution >= 4 is 34.5 Å². The van der Waals surface area contributed by atoms with Gasteiger partial charge in [0.05, 0.1) is 12.7 Å². The molecule has 1 fully saturated rings. The number of hydrogen-bond acceptors (Lipinski definition) is 3. The molecule has 1 heterocycles. The summed E-state index contributed by atoms with van der Waals surface area (Å²) in [6.07, 6.45) is 0.205. The molecule has 0 aromatic heterocycles. The first-order chi connectivity index (χ1) is 8.49. The fourth-order valence-corrected chi connectivity index (χ4v) is 2.53. The minimum Gasteiger partial charge on any atom is -0.389 e. The van der Waals surface area contributed by atoms with Gasteiger partial charge in [-0.05, 0) is 32.0 Å². The molecule has 1 saturated heterocycles. The summed E-state index contributed by atoms with van der Waals surface area (Å²) in [5, 5.41) is 0.649. The van der Waals surface area contributed by atoms with E-state index >= 15 is 0 Å². The zero-order chi connectivity index (χ0) is 13.3. The van der Waals surface area contributed by atoms with Gasteiger partial charge in [-0.25, -0.2) is 0 Å². The van der Waals surface area contributed by atoms with Crippen LogP contribution >= 0.6 is 23.8 Å². The summed E-state index contributed by atoms with van der Waals surface area (Å²) in [5.41, 5.74) is 7.65. The molecule has 0 saturated carbocycles. The van der Waals surface area contributed by atoms with Gasteiger partial charge in [0.1, 0.15) is 4.99 Å². The molecule has 0 aliphatic carbocycles. The van der Waals surface area contributed by atoms with Crippen LogP contribution in [-0.4, -0.2) is 30.3 Å². The van der Waals surface area contributed by atoms with E-state index in [1.165, 1.54) is 0 Å². The van der Waals surface area contributed by atoms with Gasteiger partial charge in [0.25, 0.3) is 0 Å². The monoisotopic (exact) mass is 284 g/mol. The third kappa shape index (κ3) is 2.76. The SMILES string of the molecule is CC1CN(c2ccc(Cl)cc2C(N)=S)C(C)CO1. The second kappa shape index (κ2) is 5.43. The first-order valence-electron chi connectivity index (χ1n) is 5.96. The number of hydrogen-bond donors (Lipinski definition) is 1. The van der Waals surface area contributed by atoms with E-state index in [4.69, 9.17) is 34.3 Å². The van der Waals surface area contributed by atoms with Crippen LogP contribution in [-0.2, 0) is 4.74 Å². The first kappa shape index (κ1) is 13.6. The Kier molecular flexibility index (Phi) is 4.10. The van der Waals surface area contributed by atoms with E-state index in [0.29, 0.717) is 22.7 Å². The van der Waals surface area contributed by atoms with Crippen LogP contribution in [0, 0.1) is 0 Å². The first-order valence-corrected chi connectivity index (χ1v) is 6.75. The van der Waals surface area contributed by atoms with E-state index in [1.807, 2.05) is 18.2 Å². The quantitative estimate of drug-likeness (QED) is 0.847. The van der Waals surface area contributed by atoms with Crippen LogP contribution in [0.25, 0.3) is 0 Å². The Balaban J connectivity index is 2.40. The molecule has 1 aliphatic rings. The van der Waals surface area contributed by atoms with Crippen molar-refractivity contribution < 1.29 is 4.74 Å². The lowest BCUT2D eigenvalue weighted by molar-refractivity contribution is 0.0344. The fourth-order valence-electron chi connectivity index (χ4n) is 2.19. The second-order valence-corrected chi connectivity index (χ2v) is 5.55. The summed E-state index contributed by atoms with van der Waals surface area (Å²) < 4.78 is 5.63. The fraction of sp³-hybridized carbons (Fsp3) is 0.462. The summed E-state index contributed by atoms with van der Waals surface area (Å²) >= 11 is 11.1. The largest absolute Gasteiger partial charge is 0.389 e. The van der Waals surface area contributed by atoms with Gasteiger partial charge < -0.3 is 15.4 Å². The number of morpholine rings is 1. The predicted octanol–water partition coefficient (Wildman–Crippen LogP) is 2.59. The van der Waals surface area contributed by atoms with Crippen molar-refractivity contribution in [1.82, 2.24) is 0 Å². The molecule has 0 bridgehead atoms. The lowest BCUT2D eigenvalue weighted by Gasteiger charge is -2.39. The summed E-state index contributed by atoms with van der Waals surface area (Å²) in [6, 6.07) is 5.97. The van der Waals surface area contributed by atoms with Crippen LogP contribution in [0.5, 0.6) is 0 Å². The minimum atomic E-state index is 0.205. The molecule has 0 amide bonds. The molecule has 98 valence electrons. The number of ether oxygens (including phenoxy) is 1. The summed E-state index contributed by atoms with van der Waals surface area (Å²) in [6.45, 7) is 5.73. The van der Waals surface area contributed by atoms with E-state index < -0.39 is 0 Å². The van der Waals surface area contributed by atoms with Crippen molar-refractivity contribution in [2.75, 3.05) is 18.1 Å². The van der Waals surface area contributed by atoms with Gasteiger partial charge in [0, 0.05) is 28.9 Å². The maximum absolute atomic E-state index is 6.01. The molecule has 2 N–H and O–H groups in total. The van der Waals surface area contributed by atoms with Gasteiger partial charge >= 0.3 is 0 Å². The molecule has 1 aromatic rings. The normalized spacial score (nSPS) is 24.1. The third-order valence-electron chi connectivity index (χ3n) is 3.14. The molecule has 0 radical (unpaired) electrons. The van der Waals surface area contributed by atoms with Gasteiger partial charge in [-0.2, -0.15) is 0 Å². The van der Waals surface area contributed by atoms with Crippen LogP contribution in [0.15, 0.2) is 18.2 Å². The zero-order valence-electron chi connectivity index (χ0n) is 10.5. The molecule has 2 rings (SSSR count). The van der Waals surface area contributed by atoms with E-state index in [-0.39, 0.29) is 6.10 Å². The highest BCUT2D eigenvalue weighted by atomic mass is 35.5. The summed E-state index contributed by atoms with van der Waals surface area (Å²) in [5.74, 6) is 0. The van der Waals surface area contributed by atoms with Crippen LogP contribution in [0.2, 0.25) is 5.02 Å². The van der Waals surface area contributed by atoms with Gasteiger partial charge in [0.2, 0.25) is 0 Å². The molecule has 3 nitrogen and oxygen atoms in total. The number of nitrogens with zero attached hydrogens (tertiary/aromatic N) is 1. The predicted molar refractivity (Wildman–Crippen MR) is 79.6 cm³/mol. The molecule has 5 heteroatoms. The van der Waals surface area contributed by atoms with E-state index in [0.717, 1.165) is 17.8 Å². The average molecular weight is 285 g/mol. The third-order valence-corrected chi connectivity index (χ3v) is 3.60. The van der Waals surface area contributed by atoms with Gasteiger partial charge in [-0.3, -0.25) is 0 Å².